The average Bonchev–Trinajstić information content (AvgIpc) is 3.05. The zero-order valence-corrected chi connectivity index (χ0v) is 18.6. The molecule has 1 saturated heterocycles. The van der Waals surface area contributed by atoms with E-state index in [1.165, 1.54) is 24.1 Å². The van der Waals surface area contributed by atoms with Crippen LogP contribution in [0.2, 0.25) is 0 Å². The third-order valence-corrected chi connectivity index (χ3v) is 5.36. The molecule has 2 aromatic carbocycles. The van der Waals surface area contributed by atoms with Gasteiger partial charge in [0, 0.05) is 6.54 Å². The number of carbonyl (C=O) groups is 2. The molecule has 1 aliphatic heterocycles. The number of ether oxygens (including phenoxy) is 2. The summed E-state index contributed by atoms with van der Waals surface area (Å²) in [4.78, 5) is 27.4. The van der Waals surface area contributed by atoms with Gasteiger partial charge >= 0.3 is 0 Å². The molecule has 6 nitrogen and oxygen atoms in total. The van der Waals surface area contributed by atoms with Gasteiger partial charge in [-0.3, -0.25) is 9.59 Å². The van der Waals surface area contributed by atoms with E-state index >= 15 is 0 Å². The van der Waals surface area contributed by atoms with Gasteiger partial charge in [0.1, 0.15) is 23.1 Å². The van der Waals surface area contributed by atoms with E-state index in [1.54, 1.807) is 24.3 Å². The van der Waals surface area contributed by atoms with Crippen molar-refractivity contribution in [3.63, 3.8) is 0 Å². The number of rotatable bonds is 9. The van der Waals surface area contributed by atoms with Crippen LogP contribution in [-0.2, 0) is 9.59 Å². The van der Waals surface area contributed by atoms with E-state index in [0.29, 0.717) is 30.9 Å². The van der Waals surface area contributed by atoms with Gasteiger partial charge in [0.2, 0.25) is 0 Å². The van der Waals surface area contributed by atoms with E-state index in [2.05, 4.69) is 0 Å². The number of Topliss-reactive ketones (excluding diaryl/α,β-unsaturated/α-hetero) is 1. The highest BCUT2D eigenvalue weighted by Gasteiger charge is 2.46. The van der Waals surface area contributed by atoms with Crippen LogP contribution in [0.3, 0.4) is 0 Å². The number of unbranched alkanes of at least 4 members (excludes halogenated alkanes) is 1. The largest absolute Gasteiger partial charge is 0.507 e. The van der Waals surface area contributed by atoms with E-state index in [1.807, 2.05) is 13.8 Å². The lowest BCUT2D eigenvalue weighted by molar-refractivity contribution is -0.139. The first-order valence-corrected chi connectivity index (χ1v) is 10.8. The Morgan fingerprint density at radius 3 is 2.59 bits per heavy atom. The number of methoxy groups -OCH3 is 1. The first kappa shape index (κ1) is 23.3. The number of aliphatic hydroxyl groups is 1. The van der Waals surface area contributed by atoms with Crippen molar-refractivity contribution >= 4 is 17.4 Å². The van der Waals surface area contributed by atoms with Crippen LogP contribution in [0.4, 0.5) is 4.39 Å². The smallest absolute Gasteiger partial charge is 0.295 e. The van der Waals surface area contributed by atoms with Crippen LogP contribution in [0, 0.1) is 5.82 Å². The van der Waals surface area contributed by atoms with Crippen molar-refractivity contribution in [3.05, 3.63) is 65.0 Å². The molecule has 0 saturated carbocycles. The van der Waals surface area contributed by atoms with Crippen molar-refractivity contribution in [2.45, 2.75) is 39.2 Å². The van der Waals surface area contributed by atoms with Crippen molar-refractivity contribution in [2.24, 2.45) is 0 Å². The summed E-state index contributed by atoms with van der Waals surface area (Å²) in [6.07, 6.45) is 2.35. The second-order valence-electron chi connectivity index (χ2n) is 7.61. The van der Waals surface area contributed by atoms with Crippen LogP contribution in [0.5, 0.6) is 11.5 Å². The molecule has 1 aliphatic rings. The molecule has 1 atom stereocenters. The highest BCUT2D eigenvalue weighted by atomic mass is 19.1. The van der Waals surface area contributed by atoms with Crippen LogP contribution < -0.4 is 9.47 Å². The van der Waals surface area contributed by atoms with Crippen molar-refractivity contribution in [1.82, 2.24) is 4.90 Å². The van der Waals surface area contributed by atoms with Gasteiger partial charge < -0.3 is 19.5 Å². The maximum Gasteiger partial charge on any atom is 0.295 e. The Balaban J connectivity index is 2.19. The van der Waals surface area contributed by atoms with E-state index < -0.39 is 29.3 Å². The van der Waals surface area contributed by atoms with Crippen LogP contribution in [0.15, 0.2) is 48.0 Å². The molecule has 1 N–H and O–H groups in total. The topological polar surface area (TPSA) is 76.1 Å². The molecule has 0 bridgehead atoms. The van der Waals surface area contributed by atoms with Gasteiger partial charge in [0.15, 0.2) is 0 Å². The summed E-state index contributed by atoms with van der Waals surface area (Å²) >= 11 is 0. The molecule has 0 aliphatic carbocycles. The van der Waals surface area contributed by atoms with Gasteiger partial charge in [-0.05, 0) is 48.7 Å². The van der Waals surface area contributed by atoms with Gasteiger partial charge in [-0.2, -0.15) is 0 Å². The predicted molar refractivity (Wildman–Crippen MR) is 119 cm³/mol. The van der Waals surface area contributed by atoms with Crippen LogP contribution in [-0.4, -0.2) is 42.0 Å². The summed E-state index contributed by atoms with van der Waals surface area (Å²) in [7, 11) is 1.38. The highest BCUT2D eigenvalue weighted by Crippen LogP contribution is 2.41. The van der Waals surface area contributed by atoms with Gasteiger partial charge in [-0.1, -0.05) is 32.4 Å². The number of hydrogen-bond donors (Lipinski definition) is 1. The van der Waals surface area contributed by atoms with Crippen LogP contribution in [0.25, 0.3) is 5.76 Å². The monoisotopic (exact) mass is 441 g/mol. The van der Waals surface area contributed by atoms with E-state index in [9.17, 15) is 19.1 Å². The Labute approximate surface area is 187 Å². The molecule has 1 unspecified atom stereocenters. The first-order chi connectivity index (χ1) is 15.4. The first-order valence-electron chi connectivity index (χ1n) is 10.8. The molecule has 170 valence electrons. The molecule has 1 heterocycles. The molecule has 0 radical (unpaired) electrons. The zero-order valence-electron chi connectivity index (χ0n) is 18.6. The molecule has 0 spiro atoms. The number of aliphatic hydroxyl groups excluding tert-OH is 1. The third-order valence-electron chi connectivity index (χ3n) is 5.36. The fourth-order valence-corrected chi connectivity index (χ4v) is 3.79. The SMILES string of the molecule is CCCCN1C(=O)C(=O)/C(=C(/O)c2cc(F)ccc2OC)C1c1cccc(OCCC)c1. The predicted octanol–water partition coefficient (Wildman–Crippen LogP) is 4.84. The minimum Gasteiger partial charge on any atom is -0.507 e. The number of likely N-dealkylation sites (tertiary alicyclic amines) is 1. The zero-order chi connectivity index (χ0) is 23.3. The molecule has 3 rings (SSSR count). The van der Waals surface area contributed by atoms with E-state index in [0.717, 1.165) is 18.9 Å². The molecule has 1 amide bonds. The van der Waals surface area contributed by atoms with Crippen molar-refractivity contribution < 1.29 is 28.6 Å². The Hall–Kier alpha value is -3.35. The molecule has 7 heteroatoms. The number of carbonyl (C=O) groups excluding carboxylic acids is 2. The number of benzene rings is 2. The lowest BCUT2D eigenvalue weighted by Gasteiger charge is -2.25. The normalized spacial score (nSPS) is 17.6. The molecule has 0 aromatic heterocycles. The molecule has 2 aromatic rings. The maximum atomic E-state index is 14.0. The van der Waals surface area contributed by atoms with Crippen molar-refractivity contribution in [3.8, 4) is 11.5 Å². The van der Waals surface area contributed by atoms with Gasteiger partial charge in [0.05, 0.1) is 30.9 Å². The minimum absolute atomic E-state index is 0.0179. The van der Waals surface area contributed by atoms with Gasteiger partial charge in [0.25, 0.3) is 11.7 Å². The average molecular weight is 441 g/mol. The standard InChI is InChI=1S/C25H28FNO5/c1-4-6-12-27-22(16-8-7-9-18(14-16)32-13-5-2)21(24(29)25(27)30)23(28)19-15-17(26)10-11-20(19)31-3/h7-11,14-15,22,28H,4-6,12-13H2,1-3H3/b23-21+. The number of ketones is 1. The summed E-state index contributed by atoms with van der Waals surface area (Å²) in [6, 6.07) is 9.96. The lowest BCUT2D eigenvalue weighted by atomic mass is 9.94. The molecular formula is C25H28FNO5. The van der Waals surface area contributed by atoms with Gasteiger partial charge in [-0.25, -0.2) is 4.39 Å². The van der Waals surface area contributed by atoms with Crippen LogP contribution in [0.1, 0.15) is 50.3 Å². The molecule has 1 fully saturated rings. The van der Waals surface area contributed by atoms with Crippen molar-refractivity contribution in [1.29, 1.82) is 0 Å². The van der Waals surface area contributed by atoms with Gasteiger partial charge in [-0.15, -0.1) is 0 Å². The number of amides is 1. The van der Waals surface area contributed by atoms with Crippen LogP contribution >= 0.6 is 0 Å². The highest BCUT2D eigenvalue weighted by molar-refractivity contribution is 6.46. The summed E-state index contributed by atoms with van der Waals surface area (Å²) in [5.41, 5.74) is 0.554. The Morgan fingerprint density at radius 2 is 1.91 bits per heavy atom. The number of halogens is 1. The second kappa shape index (κ2) is 10.3. The van der Waals surface area contributed by atoms with Crippen molar-refractivity contribution in [2.75, 3.05) is 20.3 Å². The maximum absolute atomic E-state index is 14.0. The Bertz CT molecular complexity index is 1030. The summed E-state index contributed by atoms with van der Waals surface area (Å²) in [5, 5.41) is 11.1. The number of hydrogen-bond acceptors (Lipinski definition) is 5. The second-order valence-corrected chi connectivity index (χ2v) is 7.61. The van der Waals surface area contributed by atoms with E-state index in [-0.39, 0.29) is 16.9 Å². The minimum atomic E-state index is -0.820. The molecular weight excluding hydrogens is 413 g/mol. The molecule has 32 heavy (non-hydrogen) atoms. The summed E-state index contributed by atoms with van der Waals surface area (Å²) in [6.45, 7) is 4.86. The fourth-order valence-electron chi connectivity index (χ4n) is 3.79. The Kier molecular flexibility index (Phi) is 7.51. The third kappa shape index (κ3) is 4.61. The number of nitrogens with zero attached hydrogens (tertiary/aromatic N) is 1. The summed E-state index contributed by atoms with van der Waals surface area (Å²) < 4.78 is 24.9. The Morgan fingerprint density at radius 1 is 1.12 bits per heavy atom. The van der Waals surface area contributed by atoms with E-state index in [4.69, 9.17) is 9.47 Å². The summed E-state index contributed by atoms with van der Waals surface area (Å²) in [5.74, 6) is -1.77. The lowest BCUT2D eigenvalue weighted by Crippen LogP contribution is -2.30. The fraction of sp³-hybridized carbons (Fsp3) is 0.360. The quantitative estimate of drug-likeness (QED) is 0.342.